The van der Waals surface area contributed by atoms with E-state index in [0.717, 1.165) is 18.5 Å². The minimum atomic E-state index is -0.233. The summed E-state index contributed by atoms with van der Waals surface area (Å²) in [6, 6.07) is 5.93. The van der Waals surface area contributed by atoms with Crippen molar-refractivity contribution >= 4 is 0 Å². The largest absolute Gasteiger partial charge is 0.392 e. The average Bonchev–Trinajstić information content (AvgIpc) is 2.17. The maximum Gasteiger partial charge on any atom is 0.0628 e. The summed E-state index contributed by atoms with van der Waals surface area (Å²) in [5.41, 5.74) is 1.32. The van der Waals surface area contributed by atoms with Crippen molar-refractivity contribution in [3.8, 4) is 0 Å². The van der Waals surface area contributed by atoms with Crippen LogP contribution in [0.5, 0.6) is 0 Å². The molecule has 0 saturated heterocycles. The van der Waals surface area contributed by atoms with Crippen LogP contribution in [0.3, 0.4) is 0 Å². The monoisotopic (exact) mass is 205 g/mol. The van der Waals surface area contributed by atoms with Gasteiger partial charge in [-0.3, -0.25) is 4.98 Å². The summed E-state index contributed by atoms with van der Waals surface area (Å²) in [6.45, 7) is 4.45. The summed E-state index contributed by atoms with van der Waals surface area (Å²) >= 11 is 0. The van der Waals surface area contributed by atoms with Crippen LogP contribution in [0.25, 0.3) is 0 Å². The topological polar surface area (TPSA) is 33.1 Å². The van der Waals surface area contributed by atoms with Crippen molar-refractivity contribution in [3.63, 3.8) is 0 Å². The van der Waals surface area contributed by atoms with Crippen molar-refractivity contribution in [3.05, 3.63) is 30.1 Å². The van der Waals surface area contributed by atoms with E-state index >= 15 is 0 Å². The van der Waals surface area contributed by atoms with Crippen molar-refractivity contribution in [2.45, 2.75) is 45.1 Å². The first-order chi connectivity index (χ1) is 7.08. The molecule has 0 amide bonds. The van der Waals surface area contributed by atoms with Gasteiger partial charge in [0.1, 0.15) is 0 Å². The Bertz CT molecular complexity index is 321. The maximum atomic E-state index is 10.1. The van der Waals surface area contributed by atoms with E-state index in [2.05, 4.69) is 18.8 Å². The summed E-state index contributed by atoms with van der Waals surface area (Å²) in [4.78, 5) is 4.34. The molecule has 1 aromatic heterocycles. The SMILES string of the molecule is CC1(C)CCC(c2ccccn2)C(O)C1. The van der Waals surface area contributed by atoms with Gasteiger partial charge in [0.15, 0.2) is 0 Å². The standard InChI is InChI=1S/C13H19NO/c1-13(2)7-6-10(12(15)9-13)11-5-3-4-8-14-11/h3-5,8,10,12,15H,6-7,9H2,1-2H3. The molecule has 2 unspecified atom stereocenters. The second-order valence-corrected chi connectivity index (χ2v) is 5.34. The molecule has 1 heterocycles. The van der Waals surface area contributed by atoms with Gasteiger partial charge < -0.3 is 5.11 Å². The zero-order valence-corrected chi connectivity index (χ0v) is 9.48. The van der Waals surface area contributed by atoms with Crippen LogP contribution in [0.15, 0.2) is 24.4 Å². The van der Waals surface area contributed by atoms with Gasteiger partial charge in [-0.25, -0.2) is 0 Å². The fourth-order valence-electron chi connectivity index (χ4n) is 2.49. The highest BCUT2D eigenvalue weighted by molar-refractivity contribution is 5.13. The summed E-state index contributed by atoms with van der Waals surface area (Å²) in [7, 11) is 0. The van der Waals surface area contributed by atoms with Crippen LogP contribution >= 0.6 is 0 Å². The van der Waals surface area contributed by atoms with E-state index in [1.807, 2.05) is 24.4 Å². The molecular weight excluding hydrogens is 186 g/mol. The number of nitrogens with zero attached hydrogens (tertiary/aromatic N) is 1. The van der Waals surface area contributed by atoms with Gasteiger partial charge in [-0.05, 0) is 36.8 Å². The van der Waals surface area contributed by atoms with Crippen LogP contribution < -0.4 is 0 Å². The van der Waals surface area contributed by atoms with E-state index in [0.29, 0.717) is 0 Å². The quantitative estimate of drug-likeness (QED) is 0.764. The van der Waals surface area contributed by atoms with Gasteiger partial charge in [-0.15, -0.1) is 0 Å². The van der Waals surface area contributed by atoms with Gasteiger partial charge in [-0.2, -0.15) is 0 Å². The Balaban J connectivity index is 2.13. The molecule has 2 nitrogen and oxygen atoms in total. The molecule has 1 saturated carbocycles. The lowest BCUT2D eigenvalue weighted by Gasteiger charge is -2.37. The molecule has 2 heteroatoms. The highest BCUT2D eigenvalue weighted by atomic mass is 16.3. The zero-order valence-electron chi connectivity index (χ0n) is 9.48. The summed E-state index contributed by atoms with van der Waals surface area (Å²) in [5, 5.41) is 10.1. The van der Waals surface area contributed by atoms with Crippen molar-refractivity contribution in [1.29, 1.82) is 0 Å². The van der Waals surface area contributed by atoms with E-state index in [-0.39, 0.29) is 17.4 Å². The van der Waals surface area contributed by atoms with Crippen LogP contribution in [-0.4, -0.2) is 16.2 Å². The number of hydrogen-bond acceptors (Lipinski definition) is 2. The van der Waals surface area contributed by atoms with Crippen LogP contribution in [-0.2, 0) is 0 Å². The van der Waals surface area contributed by atoms with Crippen LogP contribution in [0, 0.1) is 5.41 Å². The normalized spacial score (nSPS) is 30.1. The number of aliphatic hydroxyl groups excluding tert-OH is 1. The summed E-state index contributed by atoms with van der Waals surface area (Å²) in [6.07, 6.45) is 4.68. The number of hydrogen-bond donors (Lipinski definition) is 1. The first-order valence-corrected chi connectivity index (χ1v) is 5.67. The molecule has 1 aromatic rings. The lowest BCUT2D eigenvalue weighted by molar-refractivity contribution is 0.0448. The number of rotatable bonds is 1. The highest BCUT2D eigenvalue weighted by Crippen LogP contribution is 2.41. The number of aliphatic hydroxyl groups is 1. The number of pyridine rings is 1. The van der Waals surface area contributed by atoms with Gasteiger partial charge in [0, 0.05) is 17.8 Å². The first kappa shape index (κ1) is 10.6. The molecule has 0 radical (unpaired) electrons. The molecule has 1 fully saturated rings. The van der Waals surface area contributed by atoms with Gasteiger partial charge in [0.2, 0.25) is 0 Å². The van der Waals surface area contributed by atoms with E-state index in [9.17, 15) is 5.11 Å². The van der Waals surface area contributed by atoms with E-state index in [1.165, 1.54) is 6.42 Å². The van der Waals surface area contributed by atoms with Crippen molar-refractivity contribution in [1.82, 2.24) is 4.98 Å². The molecule has 15 heavy (non-hydrogen) atoms. The van der Waals surface area contributed by atoms with E-state index in [4.69, 9.17) is 0 Å². The van der Waals surface area contributed by atoms with Gasteiger partial charge in [0.25, 0.3) is 0 Å². The number of aromatic nitrogens is 1. The predicted molar refractivity (Wildman–Crippen MR) is 60.6 cm³/mol. The average molecular weight is 205 g/mol. The molecule has 2 atom stereocenters. The fourth-order valence-corrected chi connectivity index (χ4v) is 2.49. The minimum absolute atomic E-state index is 0.233. The second-order valence-electron chi connectivity index (χ2n) is 5.34. The van der Waals surface area contributed by atoms with Crippen molar-refractivity contribution < 1.29 is 5.11 Å². The highest BCUT2D eigenvalue weighted by Gasteiger charge is 2.34. The molecule has 1 aliphatic rings. The maximum absolute atomic E-state index is 10.1. The Kier molecular flexibility index (Phi) is 2.79. The first-order valence-electron chi connectivity index (χ1n) is 5.67. The molecule has 0 aromatic carbocycles. The Hall–Kier alpha value is -0.890. The van der Waals surface area contributed by atoms with Crippen LogP contribution in [0.1, 0.15) is 44.7 Å². The van der Waals surface area contributed by atoms with Crippen LogP contribution in [0.4, 0.5) is 0 Å². The fraction of sp³-hybridized carbons (Fsp3) is 0.615. The summed E-state index contributed by atoms with van der Waals surface area (Å²) in [5.74, 6) is 0.235. The van der Waals surface area contributed by atoms with Crippen LogP contribution in [0.2, 0.25) is 0 Å². The molecule has 1 aliphatic carbocycles. The third-order valence-electron chi connectivity index (χ3n) is 3.43. The van der Waals surface area contributed by atoms with Gasteiger partial charge >= 0.3 is 0 Å². The smallest absolute Gasteiger partial charge is 0.0628 e. The lowest BCUT2D eigenvalue weighted by Crippen LogP contribution is -2.32. The lowest BCUT2D eigenvalue weighted by atomic mass is 9.70. The molecule has 2 rings (SSSR count). The molecular formula is C13H19NO. The minimum Gasteiger partial charge on any atom is -0.392 e. The zero-order chi connectivity index (χ0) is 10.9. The molecule has 1 N–H and O–H groups in total. The van der Waals surface area contributed by atoms with Gasteiger partial charge in [-0.1, -0.05) is 19.9 Å². The third kappa shape index (κ3) is 2.37. The van der Waals surface area contributed by atoms with E-state index < -0.39 is 0 Å². The Morgan fingerprint density at radius 2 is 2.20 bits per heavy atom. The van der Waals surface area contributed by atoms with Gasteiger partial charge in [0.05, 0.1) is 6.10 Å². The Morgan fingerprint density at radius 3 is 2.80 bits per heavy atom. The van der Waals surface area contributed by atoms with Crippen molar-refractivity contribution in [2.75, 3.05) is 0 Å². The molecule has 82 valence electrons. The Morgan fingerprint density at radius 1 is 1.40 bits per heavy atom. The summed E-state index contributed by atoms with van der Waals surface area (Å²) < 4.78 is 0. The molecule has 0 aliphatic heterocycles. The molecule has 0 spiro atoms. The third-order valence-corrected chi connectivity index (χ3v) is 3.43. The second kappa shape index (κ2) is 3.93. The predicted octanol–water partition coefficient (Wildman–Crippen LogP) is 2.74. The molecule has 0 bridgehead atoms. The Labute approximate surface area is 91.4 Å². The van der Waals surface area contributed by atoms with E-state index in [1.54, 1.807) is 0 Å². The van der Waals surface area contributed by atoms with Crippen molar-refractivity contribution in [2.24, 2.45) is 5.41 Å².